The second-order valence-corrected chi connectivity index (χ2v) is 5.22. The topological polar surface area (TPSA) is 99.0 Å². The van der Waals surface area contributed by atoms with Gasteiger partial charge in [-0.2, -0.15) is 0 Å². The van der Waals surface area contributed by atoms with Crippen LogP contribution in [0.15, 0.2) is 0 Å². The van der Waals surface area contributed by atoms with Crippen molar-refractivity contribution in [3.05, 3.63) is 0 Å². The van der Waals surface area contributed by atoms with Crippen molar-refractivity contribution in [2.75, 3.05) is 13.2 Å². The highest BCUT2D eigenvalue weighted by atomic mass is 16.5. The number of amides is 1. The molecular weight excluding hydrogens is 226 g/mol. The summed E-state index contributed by atoms with van der Waals surface area (Å²) in [5.41, 5.74) is -4.41. The normalized spacial score (nSPS) is 46.6. The maximum atomic E-state index is 11.2. The molecule has 0 saturated carbocycles. The number of nitrogens with one attached hydrogen (secondary N) is 1. The molecule has 1 amide bonds. The molecule has 4 unspecified atom stereocenters. The fraction of sp³-hybridized carbons (Fsp3) is 0.909. The van der Waals surface area contributed by atoms with Crippen LogP contribution in [0, 0.1) is 0 Å². The summed E-state index contributed by atoms with van der Waals surface area (Å²) in [6.07, 6.45) is -0.890. The van der Waals surface area contributed by atoms with Crippen LogP contribution in [0.3, 0.4) is 0 Å². The predicted octanol–water partition coefficient (Wildman–Crippen LogP) is -1.23. The maximum Gasteiger partial charge on any atom is 0.217 e. The Morgan fingerprint density at radius 1 is 1.41 bits per heavy atom. The molecule has 6 nitrogen and oxygen atoms in total. The summed E-state index contributed by atoms with van der Waals surface area (Å²) in [5.74, 6) is -0.324. The van der Waals surface area contributed by atoms with Crippen LogP contribution in [0.1, 0.15) is 27.7 Å². The predicted molar refractivity (Wildman–Crippen MR) is 60.3 cm³/mol. The third-order valence-electron chi connectivity index (χ3n) is 3.88. The molecule has 4 N–H and O–H groups in total. The Hall–Kier alpha value is -0.690. The molecule has 1 aliphatic rings. The highest BCUT2D eigenvalue weighted by molar-refractivity contribution is 5.74. The van der Waals surface area contributed by atoms with E-state index in [9.17, 15) is 15.0 Å². The summed E-state index contributed by atoms with van der Waals surface area (Å²) in [4.78, 5) is 11.2. The average Bonchev–Trinajstić information content (AvgIpc) is 2.14. The van der Waals surface area contributed by atoms with E-state index in [0.717, 1.165) is 0 Å². The third-order valence-corrected chi connectivity index (χ3v) is 3.88. The number of rotatable bonds is 2. The SMILES string of the molecule is CC(=O)NC1(C)COC(CO)C(C)(O)C1(C)O. The highest BCUT2D eigenvalue weighted by Crippen LogP contribution is 2.40. The van der Waals surface area contributed by atoms with E-state index in [4.69, 9.17) is 9.84 Å². The van der Waals surface area contributed by atoms with Gasteiger partial charge in [-0.25, -0.2) is 0 Å². The van der Waals surface area contributed by atoms with E-state index >= 15 is 0 Å². The van der Waals surface area contributed by atoms with E-state index in [1.165, 1.54) is 20.8 Å². The number of hydrogen-bond acceptors (Lipinski definition) is 5. The first kappa shape index (κ1) is 14.4. The van der Waals surface area contributed by atoms with Gasteiger partial charge in [-0.15, -0.1) is 0 Å². The Bertz CT molecular complexity index is 315. The molecule has 0 spiro atoms. The van der Waals surface area contributed by atoms with Crippen LogP contribution in [-0.2, 0) is 9.53 Å². The Kier molecular flexibility index (Phi) is 3.55. The van der Waals surface area contributed by atoms with Crippen LogP contribution in [-0.4, -0.2) is 57.3 Å². The van der Waals surface area contributed by atoms with E-state index in [1.54, 1.807) is 6.92 Å². The molecule has 1 aliphatic heterocycles. The lowest BCUT2D eigenvalue weighted by atomic mass is 9.67. The molecule has 0 aromatic heterocycles. The molecule has 0 aromatic rings. The van der Waals surface area contributed by atoms with Gasteiger partial charge in [0.05, 0.1) is 18.8 Å². The van der Waals surface area contributed by atoms with Gasteiger partial charge in [0, 0.05) is 6.92 Å². The molecule has 1 saturated heterocycles. The van der Waals surface area contributed by atoms with Crippen molar-refractivity contribution >= 4 is 5.91 Å². The zero-order chi connectivity index (χ0) is 13.5. The van der Waals surface area contributed by atoms with Crippen LogP contribution >= 0.6 is 0 Å². The number of hydrogen-bond donors (Lipinski definition) is 4. The summed E-state index contributed by atoms with van der Waals surface area (Å²) in [6.45, 7) is 5.34. The fourth-order valence-corrected chi connectivity index (χ4v) is 2.22. The number of carbonyl (C=O) groups is 1. The van der Waals surface area contributed by atoms with Gasteiger partial charge in [0.25, 0.3) is 0 Å². The van der Waals surface area contributed by atoms with Crippen LogP contribution in [0.25, 0.3) is 0 Å². The summed E-state index contributed by atoms with van der Waals surface area (Å²) in [7, 11) is 0. The average molecular weight is 247 g/mol. The third kappa shape index (κ3) is 2.06. The molecule has 0 bridgehead atoms. The number of ether oxygens (including phenoxy) is 1. The molecule has 1 heterocycles. The smallest absolute Gasteiger partial charge is 0.217 e. The maximum absolute atomic E-state index is 11.2. The van der Waals surface area contributed by atoms with Crippen molar-refractivity contribution in [1.82, 2.24) is 5.32 Å². The molecule has 17 heavy (non-hydrogen) atoms. The quantitative estimate of drug-likeness (QED) is 0.490. The van der Waals surface area contributed by atoms with Crippen LogP contribution in [0.2, 0.25) is 0 Å². The van der Waals surface area contributed by atoms with E-state index in [2.05, 4.69) is 5.32 Å². The molecule has 0 radical (unpaired) electrons. The van der Waals surface area contributed by atoms with Crippen molar-refractivity contribution in [2.45, 2.75) is 50.5 Å². The molecule has 100 valence electrons. The van der Waals surface area contributed by atoms with E-state index in [0.29, 0.717) is 0 Å². The lowest BCUT2D eigenvalue weighted by Gasteiger charge is -2.56. The summed E-state index contributed by atoms with van der Waals surface area (Å²) in [6, 6.07) is 0. The van der Waals surface area contributed by atoms with Crippen LogP contribution in [0.4, 0.5) is 0 Å². The standard InChI is InChI=1S/C11H21NO5/c1-7(14)12-9(2)6-17-8(5-13)10(3,15)11(9,4)16/h8,13,15-16H,5-6H2,1-4H3,(H,12,14). The van der Waals surface area contributed by atoms with Gasteiger partial charge in [-0.3, -0.25) is 4.79 Å². The van der Waals surface area contributed by atoms with Crippen molar-refractivity contribution in [3.63, 3.8) is 0 Å². The van der Waals surface area contributed by atoms with Crippen molar-refractivity contribution < 1.29 is 24.9 Å². The molecule has 1 rings (SSSR count). The number of aliphatic hydroxyl groups is 3. The Labute approximate surface area is 101 Å². The lowest BCUT2D eigenvalue weighted by molar-refractivity contribution is -0.279. The number of aliphatic hydroxyl groups excluding tert-OH is 1. The summed E-state index contributed by atoms with van der Waals surface area (Å²) < 4.78 is 5.32. The molecule has 0 aliphatic carbocycles. The molecule has 1 fully saturated rings. The van der Waals surface area contributed by atoms with E-state index < -0.39 is 29.5 Å². The van der Waals surface area contributed by atoms with Gasteiger partial charge in [-0.05, 0) is 20.8 Å². The summed E-state index contributed by atoms with van der Waals surface area (Å²) in [5, 5.41) is 32.6. The van der Waals surface area contributed by atoms with Crippen LogP contribution < -0.4 is 5.32 Å². The Balaban J connectivity index is 3.10. The minimum absolute atomic E-state index is 0.0148. The van der Waals surface area contributed by atoms with E-state index in [-0.39, 0.29) is 12.5 Å². The minimum Gasteiger partial charge on any atom is -0.394 e. The molecule has 6 heteroatoms. The zero-order valence-electron chi connectivity index (χ0n) is 10.6. The summed E-state index contributed by atoms with van der Waals surface area (Å²) >= 11 is 0. The van der Waals surface area contributed by atoms with Crippen molar-refractivity contribution in [2.24, 2.45) is 0 Å². The lowest BCUT2D eigenvalue weighted by Crippen LogP contribution is -2.78. The van der Waals surface area contributed by atoms with Crippen molar-refractivity contribution in [1.29, 1.82) is 0 Å². The Morgan fingerprint density at radius 2 is 1.94 bits per heavy atom. The van der Waals surface area contributed by atoms with Gasteiger partial charge in [0.2, 0.25) is 5.91 Å². The molecule has 4 atom stereocenters. The van der Waals surface area contributed by atoms with Gasteiger partial charge in [0.1, 0.15) is 17.3 Å². The van der Waals surface area contributed by atoms with Crippen LogP contribution in [0.5, 0.6) is 0 Å². The Morgan fingerprint density at radius 3 is 2.35 bits per heavy atom. The van der Waals surface area contributed by atoms with Gasteiger partial charge < -0.3 is 25.4 Å². The van der Waals surface area contributed by atoms with Crippen molar-refractivity contribution in [3.8, 4) is 0 Å². The minimum atomic E-state index is -1.67. The van der Waals surface area contributed by atoms with Gasteiger partial charge in [-0.1, -0.05) is 0 Å². The first-order chi connectivity index (χ1) is 7.58. The fourth-order valence-electron chi connectivity index (χ4n) is 2.22. The molecular formula is C11H21NO5. The molecule has 0 aromatic carbocycles. The first-order valence-electron chi connectivity index (χ1n) is 5.54. The monoisotopic (exact) mass is 247 g/mol. The largest absolute Gasteiger partial charge is 0.394 e. The highest BCUT2D eigenvalue weighted by Gasteiger charge is 2.62. The second kappa shape index (κ2) is 4.20. The number of carbonyl (C=O) groups excluding carboxylic acids is 1. The second-order valence-electron chi connectivity index (χ2n) is 5.22. The van der Waals surface area contributed by atoms with Gasteiger partial charge in [0.15, 0.2) is 0 Å². The first-order valence-corrected chi connectivity index (χ1v) is 5.54. The van der Waals surface area contributed by atoms with Gasteiger partial charge >= 0.3 is 0 Å². The van der Waals surface area contributed by atoms with E-state index in [1.807, 2.05) is 0 Å². The zero-order valence-corrected chi connectivity index (χ0v) is 10.6.